The highest BCUT2D eigenvalue weighted by molar-refractivity contribution is 8.14. The molecule has 0 saturated carbocycles. The zero-order valence-corrected chi connectivity index (χ0v) is 10.5. The Balaban J connectivity index is 4.77. The normalized spacial score (nSPS) is 15.8. The average Bonchev–Trinajstić information content (AvgIpc) is 1.82. The van der Waals surface area contributed by atoms with E-state index >= 15 is 0 Å². The van der Waals surface area contributed by atoms with Crippen molar-refractivity contribution in [3.63, 3.8) is 0 Å². The van der Waals surface area contributed by atoms with E-state index in [4.69, 9.17) is 10.7 Å². The molecule has 4 heteroatoms. The Labute approximate surface area is 86.1 Å². The van der Waals surface area contributed by atoms with Crippen LogP contribution >= 0.6 is 10.7 Å². The Bertz CT molecular complexity index is 236. The minimum Gasteiger partial charge on any atom is -0.212 e. The second kappa shape index (κ2) is 4.65. The van der Waals surface area contributed by atoms with E-state index in [1.165, 1.54) is 0 Å². The van der Waals surface area contributed by atoms with Gasteiger partial charge in [-0.2, -0.15) is 0 Å². The summed E-state index contributed by atoms with van der Waals surface area (Å²) in [6.45, 7) is 9.81. The molecule has 0 N–H and O–H groups in total. The van der Waals surface area contributed by atoms with Crippen LogP contribution in [0, 0.1) is 17.8 Å². The fourth-order valence-electron chi connectivity index (χ4n) is 2.04. The van der Waals surface area contributed by atoms with Crippen molar-refractivity contribution in [2.75, 3.05) is 0 Å². The fourth-order valence-corrected chi connectivity index (χ4v) is 3.40. The third-order valence-electron chi connectivity index (χ3n) is 2.53. The smallest absolute Gasteiger partial charge is 0.212 e. The topological polar surface area (TPSA) is 34.1 Å². The summed E-state index contributed by atoms with van der Waals surface area (Å²) < 4.78 is 22.3. The summed E-state index contributed by atoms with van der Waals surface area (Å²) in [4.78, 5) is 0. The minimum absolute atomic E-state index is 0.127. The van der Waals surface area contributed by atoms with Crippen molar-refractivity contribution < 1.29 is 8.42 Å². The van der Waals surface area contributed by atoms with Crippen molar-refractivity contribution in [1.29, 1.82) is 0 Å². The van der Waals surface area contributed by atoms with Gasteiger partial charge in [-0.25, -0.2) is 8.42 Å². The lowest BCUT2D eigenvalue weighted by Gasteiger charge is -2.28. The largest absolute Gasteiger partial charge is 0.235 e. The highest BCUT2D eigenvalue weighted by Crippen LogP contribution is 2.29. The Morgan fingerprint density at radius 1 is 0.923 bits per heavy atom. The van der Waals surface area contributed by atoms with E-state index in [1.54, 1.807) is 6.92 Å². The molecule has 0 bridgehead atoms. The summed E-state index contributed by atoms with van der Waals surface area (Å²) in [5, 5.41) is -0.464. The molecule has 2 nitrogen and oxygen atoms in total. The Hall–Kier alpha value is 0.240. The molecule has 0 aliphatic carbocycles. The van der Waals surface area contributed by atoms with Gasteiger partial charge in [-0.05, 0) is 24.7 Å². The van der Waals surface area contributed by atoms with Crippen LogP contribution in [0.3, 0.4) is 0 Å². The summed E-state index contributed by atoms with van der Waals surface area (Å²) in [7, 11) is 1.92. The lowest BCUT2D eigenvalue weighted by molar-refractivity contribution is 0.281. The van der Waals surface area contributed by atoms with Gasteiger partial charge < -0.3 is 0 Å². The molecule has 0 amide bonds. The maximum atomic E-state index is 11.1. The third-order valence-corrected chi connectivity index (χ3v) is 4.57. The molecule has 0 aliphatic rings. The summed E-state index contributed by atoms with van der Waals surface area (Å²) in [5.41, 5.74) is 0. The van der Waals surface area contributed by atoms with Crippen molar-refractivity contribution in [1.82, 2.24) is 0 Å². The molecular weight excluding hydrogens is 208 g/mol. The molecule has 13 heavy (non-hydrogen) atoms. The first kappa shape index (κ1) is 13.2. The van der Waals surface area contributed by atoms with E-state index in [0.717, 1.165) is 0 Å². The summed E-state index contributed by atoms with van der Waals surface area (Å²) >= 11 is 0. The second-order valence-corrected chi connectivity index (χ2v) is 7.23. The van der Waals surface area contributed by atoms with E-state index in [1.807, 2.05) is 27.7 Å². The van der Waals surface area contributed by atoms with Crippen LogP contribution in [-0.4, -0.2) is 13.7 Å². The Morgan fingerprint density at radius 2 is 1.23 bits per heavy atom. The molecule has 0 spiro atoms. The maximum absolute atomic E-state index is 11.1. The van der Waals surface area contributed by atoms with Gasteiger partial charge in [-0.15, -0.1) is 0 Å². The van der Waals surface area contributed by atoms with Gasteiger partial charge in [-0.1, -0.05) is 27.7 Å². The Kier molecular flexibility index (Phi) is 4.73. The molecule has 0 radical (unpaired) electrons. The van der Waals surface area contributed by atoms with Crippen LogP contribution in [0.1, 0.15) is 34.6 Å². The molecule has 0 saturated heterocycles. The lowest BCUT2D eigenvalue weighted by Crippen LogP contribution is -2.31. The number of rotatable bonds is 4. The van der Waals surface area contributed by atoms with Gasteiger partial charge in [0.05, 0.1) is 5.25 Å². The quantitative estimate of drug-likeness (QED) is 0.691. The summed E-state index contributed by atoms with van der Waals surface area (Å²) in [6, 6.07) is 0. The molecule has 1 atom stereocenters. The maximum Gasteiger partial charge on any atom is 0.235 e. The molecule has 80 valence electrons. The molecule has 0 aromatic carbocycles. The fraction of sp³-hybridized carbons (Fsp3) is 1.00. The third kappa shape index (κ3) is 3.86. The zero-order valence-electron chi connectivity index (χ0n) is 8.91. The van der Waals surface area contributed by atoms with Crippen molar-refractivity contribution in [3.8, 4) is 0 Å². The summed E-state index contributed by atoms with van der Waals surface area (Å²) in [5.74, 6) is 0.801. The van der Waals surface area contributed by atoms with E-state index in [0.29, 0.717) is 11.8 Å². The molecule has 0 fully saturated rings. The van der Waals surface area contributed by atoms with Gasteiger partial charge in [-0.3, -0.25) is 0 Å². The first-order valence-electron chi connectivity index (χ1n) is 4.61. The first-order valence-corrected chi connectivity index (χ1v) is 6.98. The van der Waals surface area contributed by atoms with Crippen LogP contribution in [0.15, 0.2) is 0 Å². The molecule has 0 aromatic rings. The van der Waals surface area contributed by atoms with E-state index in [9.17, 15) is 8.42 Å². The van der Waals surface area contributed by atoms with Gasteiger partial charge >= 0.3 is 0 Å². The van der Waals surface area contributed by atoms with Gasteiger partial charge in [0.25, 0.3) is 0 Å². The van der Waals surface area contributed by atoms with Crippen LogP contribution < -0.4 is 0 Å². The highest BCUT2D eigenvalue weighted by Gasteiger charge is 2.31. The minimum atomic E-state index is -3.42. The van der Waals surface area contributed by atoms with Gasteiger partial charge in [0.1, 0.15) is 0 Å². The van der Waals surface area contributed by atoms with Gasteiger partial charge in [0, 0.05) is 10.7 Å². The van der Waals surface area contributed by atoms with Crippen LogP contribution in [0.4, 0.5) is 0 Å². The SMILES string of the molecule is CC(C)C(C(C)C)C(C)S(=O)(=O)Cl. The molecule has 1 unspecified atom stereocenters. The van der Waals surface area contributed by atoms with E-state index < -0.39 is 14.3 Å². The van der Waals surface area contributed by atoms with Crippen molar-refractivity contribution in [3.05, 3.63) is 0 Å². The molecular formula is C9H19ClO2S. The van der Waals surface area contributed by atoms with E-state index in [2.05, 4.69) is 0 Å². The predicted molar refractivity (Wildman–Crippen MR) is 57.4 cm³/mol. The lowest BCUT2D eigenvalue weighted by atomic mass is 9.83. The van der Waals surface area contributed by atoms with Crippen molar-refractivity contribution in [2.24, 2.45) is 17.8 Å². The van der Waals surface area contributed by atoms with Crippen molar-refractivity contribution >= 4 is 19.7 Å². The van der Waals surface area contributed by atoms with Gasteiger partial charge in [0.15, 0.2) is 0 Å². The molecule has 0 aliphatic heterocycles. The average molecular weight is 227 g/mol. The van der Waals surface area contributed by atoms with Crippen LogP contribution in [-0.2, 0) is 9.05 Å². The van der Waals surface area contributed by atoms with Gasteiger partial charge in [0.2, 0.25) is 9.05 Å². The van der Waals surface area contributed by atoms with Crippen LogP contribution in [0.25, 0.3) is 0 Å². The molecule has 0 rings (SSSR count). The molecule has 0 heterocycles. The number of hydrogen-bond acceptors (Lipinski definition) is 2. The van der Waals surface area contributed by atoms with Crippen LogP contribution in [0.5, 0.6) is 0 Å². The Morgan fingerprint density at radius 3 is 1.31 bits per heavy atom. The summed E-state index contributed by atoms with van der Waals surface area (Å²) in [6.07, 6.45) is 0. The first-order chi connectivity index (χ1) is 5.68. The number of halogens is 1. The predicted octanol–water partition coefficient (Wildman–Crippen LogP) is 2.87. The zero-order chi connectivity index (χ0) is 10.8. The standard InChI is InChI=1S/C9H19ClO2S/c1-6(2)9(7(3)4)8(5)13(10,11)12/h6-9H,1-5H3. The highest BCUT2D eigenvalue weighted by atomic mass is 35.7. The number of hydrogen-bond donors (Lipinski definition) is 0. The molecule has 0 aromatic heterocycles. The van der Waals surface area contributed by atoms with Crippen molar-refractivity contribution in [2.45, 2.75) is 39.9 Å². The van der Waals surface area contributed by atoms with Crippen LogP contribution in [0.2, 0.25) is 0 Å². The second-order valence-electron chi connectivity index (χ2n) is 4.25. The van der Waals surface area contributed by atoms with E-state index in [-0.39, 0.29) is 5.92 Å². The monoisotopic (exact) mass is 226 g/mol.